The van der Waals surface area contributed by atoms with Crippen molar-refractivity contribution in [2.75, 3.05) is 13.1 Å². The summed E-state index contributed by atoms with van der Waals surface area (Å²) in [6.45, 7) is 4.49. The molecule has 2 aromatic rings. The quantitative estimate of drug-likeness (QED) is 0.824. The molecule has 1 aliphatic rings. The van der Waals surface area contributed by atoms with Crippen molar-refractivity contribution in [3.05, 3.63) is 33.9 Å². The minimum atomic E-state index is 0.714. The fourth-order valence-corrected chi connectivity index (χ4v) is 3.32. The summed E-state index contributed by atoms with van der Waals surface area (Å²) in [5.41, 5.74) is 4.13. The lowest BCUT2D eigenvalue weighted by Crippen LogP contribution is -2.26. The molecule has 1 aliphatic heterocycles. The number of hydrogen-bond acceptors (Lipinski definition) is 1. The molecule has 0 bridgehead atoms. The van der Waals surface area contributed by atoms with Crippen LogP contribution in [0.15, 0.2) is 22.7 Å². The second kappa shape index (κ2) is 4.46. The second-order valence-electron chi connectivity index (χ2n) is 4.88. The van der Waals surface area contributed by atoms with Gasteiger partial charge in [-0.2, -0.15) is 0 Å². The molecule has 3 rings (SSSR count). The monoisotopic (exact) mass is 292 g/mol. The molecule has 0 aliphatic carbocycles. The van der Waals surface area contributed by atoms with Gasteiger partial charge in [-0.1, -0.05) is 22.0 Å². The van der Waals surface area contributed by atoms with Crippen LogP contribution in [0.5, 0.6) is 0 Å². The van der Waals surface area contributed by atoms with Crippen molar-refractivity contribution in [2.45, 2.75) is 25.7 Å². The lowest BCUT2D eigenvalue weighted by atomic mass is 9.88. The maximum atomic E-state index is 3.53. The Balaban J connectivity index is 2.11. The van der Waals surface area contributed by atoms with Crippen LogP contribution in [0.25, 0.3) is 10.9 Å². The van der Waals surface area contributed by atoms with Gasteiger partial charge in [0.1, 0.15) is 0 Å². The Hall–Kier alpha value is -0.800. The molecule has 0 saturated carbocycles. The van der Waals surface area contributed by atoms with E-state index in [1.54, 1.807) is 0 Å². The van der Waals surface area contributed by atoms with Crippen molar-refractivity contribution < 1.29 is 0 Å². The Kier molecular flexibility index (Phi) is 2.97. The number of piperidine rings is 1. The van der Waals surface area contributed by atoms with Gasteiger partial charge in [0, 0.05) is 21.1 Å². The molecule has 0 atom stereocenters. The zero-order valence-electron chi connectivity index (χ0n) is 10.0. The molecule has 0 spiro atoms. The van der Waals surface area contributed by atoms with Crippen LogP contribution in [0.2, 0.25) is 0 Å². The van der Waals surface area contributed by atoms with E-state index < -0.39 is 0 Å². The van der Waals surface area contributed by atoms with Crippen LogP contribution in [0.1, 0.15) is 30.0 Å². The first-order chi connectivity index (χ1) is 8.25. The first-order valence-electron chi connectivity index (χ1n) is 6.24. The molecule has 1 aromatic heterocycles. The zero-order chi connectivity index (χ0) is 11.8. The number of aromatic nitrogens is 1. The summed E-state index contributed by atoms with van der Waals surface area (Å²) in [7, 11) is 0. The van der Waals surface area contributed by atoms with Crippen molar-refractivity contribution >= 4 is 26.8 Å². The van der Waals surface area contributed by atoms with Gasteiger partial charge in [0.2, 0.25) is 0 Å². The molecule has 0 radical (unpaired) electrons. The third-order valence-electron chi connectivity index (χ3n) is 3.75. The Labute approximate surface area is 110 Å². The van der Waals surface area contributed by atoms with Crippen molar-refractivity contribution in [2.24, 2.45) is 0 Å². The molecule has 2 heterocycles. The topological polar surface area (TPSA) is 27.8 Å². The number of benzene rings is 1. The van der Waals surface area contributed by atoms with E-state index in [2.05, 4.69) is 51.4 Å². The summed E-state index contributed by atoms with van der Waals surface area (Å²) in [6.07, 6.45) is 2.51. The Morgan fingerprint density at radius 1 is 1.24 bits per heavy atom. The minimum Gasteiger partial charge on any atom is -0.358 e. The number of fused-ring (bicyclic) bond motifs is 1. The Morgan fingerprint density at radius 2 is 2.00 bits per heavy atom. The highest BCUT2D eigenvalue weighted by Gasteiger charge is 2.20. The average Bonchev–Trinajstić information content (AvgIpc) is 2.65. The third kappa shape index (κ3) is 2.02. The number of nitrogens with one attached hydrogen (secondary N) is 2. The smallest absolute Gasteiger partial charge is 0.0470 e. The minimum absolute atomic E-state index is 0.714. The van der Waals surface area contributed by atoms with Gasteiger partial charge in [-0.25, -0.2) is 0 Å². The van der Waals surface area contributed by atoms with E-state index in [0.717, 1.165) is 17.6 Å². The average molecular weight is 293 g/mol. The van der Waals surface area contributed by atoms with Crippen LogP contribution in [0.3, 0.4) is 0 Å². The highest BCUT2D eigenvalue weighted by atomic mass is 79.9. The maximum absolute atomic E-state index is 3.53. The van der Waals surface area contributed by atoms with Crippen LogP contribution in [-0.4, -0.2) is 18.1 Å². The van der Waals surface area contributed by atoms with E-state index in [1.807, 2.05) is 0 Å². The number of rotatable bonds is 1. The number of aryl methyl sites for hydroxylation is 1. The summed E-state index contributed by atoms with van der Waals surface area (Å²) < 4.78 is 1.14. The van der Waals surface area contributed by atoms with E-state index in [9.17, 15) is 0 Å². The SMILES string of the molecule is Cc1[nH]c2cc(Br)ccc2c1C1CCNCC1. The summed E-state index contributed by atoms with van der Waals surface area (Å²) >= 11 is 3.53. The van der Waals surface area contributed by atoms with Crippen LogP contribution in [0, 0.1) is 6.92 Å². The van der Waals surface area contributed by atoms with E-state index in [1.165, 1.54) is 35.0 Å². The standard InChI is InChI=1S/C14H17BrN2/c1-9-14(10-4-6-16-7-5-10)12-3-2-11(15)8-13(12)17-9/h2-3,8,10,16-17H,4-7H2,1H3. The number of hydrogen-bond donors (Lipinski definition) is 2. The number of aromatic amines is 1. The van der Waals surface area contributed by atoms with Crippen molar-refractivity contribution in [1.82, 2.24) is 10.3 Å². The van der Waals surface area contributed by atoms with Gasteiger partial charge in [-0.15, -0.1) is 0 Å². The molecule has 2 N–H and O–H groups in total. The van der Waals surface area contributed by atoms with Gasteiger partial charge in [-0.05, 0) is 56.5 Å². The van der Waals surface area contributed by atoms with Gasteiger partial charge < -0.3 is 10.3 Å². The molecule has 3 heteroatoms. The van der Waals surface area contributed by atoms with Crippen molar-refractivity contribution in [3.63, 3.8) is 0 Å². The normalized spacial score (nSPS) is 17.8. The molecule has 1 saturated heterocycles. The molecule has 1 fully saturated rings. The third-order valence-corrected chi connectivity index (χ3v) is 4.24. The van der Waals surface area contributed by atoms with E-state index >= 15 is 0 Å². The first kappa shape index (κ1) is 11.3. The van der Waals surface area contributed by atoms with Gasteiger partial charge >= 0.3 is 0 Å². The predicted octanol–water partition coefficient (Wildman–Crippen LogP) is 3.71. The van der Waals surface area contributed by atoms with Crippen LogP contribution < -0.4 is 5.32 Å². The second-order valence-corrected chi connectivity index (χ2v) is 5.79. The van der Waals surface area contributed by atoms with Crippen LogP contribution >= 0.6 is 15.9 Å². The molecule has 17 heavy (non-hydrogen) atoms. The highest BCUT2D eigenvalue weighted by molar-refractivity contribution is 9.10. The van der Waals surface area contributed by atoms with Gasteiger partial charge in [0.05, 0.1) is 0 Å². The predicted molar refractivity (Wildman–Crippen MR) is 75.6 cm³/mol. The zero-order valence-corrected chi connectivity index (χ0v) is 11.6. The van der Waals surface area contributed by atoms with E-state index in [0.29, 0.717) is 5.92 Å². The van der Waals surface area contributed by atoms with Crippen molar-refractivity contribution in [3.8, 4) is 0 Å². The van der Waals surface area contributed by atoms with Crippen LogP contribution in [0.4, 0.5) is 0 Å². The summed E-state index contributed by atoms with van der Waals surface area (Å²) in [4.78, 5) is 3.51. The molecule has 1 aromatic carbocycles. The van der Waals surface area contributed by atoms with Crippen LogP contribution in [-0.2, 0) is 0 Å². The summed E-state index contributed by atoms with van der Waals surface area (Å²) in [5.74, 6) is 0.714. The lowest BCUT2D eigenvalue weighted by molar-refractivity contribution is 0.461. The molecular formula is C14H17BrN2. The molecule has 0 unspecified atom stereocenters. The Bertz CT molecular complexity index is 538. The Morgan fingerprint density at radius 3 is 2.76 bits per heavy atom. The van der Waals surface area contributed by atoms with E-state index in [-0.39, 0.29) is 0 Å². The van der Waals surface area contributed by atoms with Gasteiger partial charge in [0.25, 0.3) is 0 Å². The number of halogens is 1. The van der Waals surface area contributed by atoms with Crippen molar-refractivity contribution in [1.29, 1.82) is 0 Å². The summed E-state index contributed by atoms with van der Waals surface area (Å²) in [6, 6.07) is 6.55. The molecule has 0 amide bonds. The molecule has 90 valence electrons. The lowest BCUT2D eigenvalue weighted by Gasteiger charge is -2.23. The maximum Gasteiger partial charge on any atom is 0.0470 e. The molecular weight excluding hydrogens is 276 g/mol. The van der Waals surface area contributed by atoms with E-state index in [4.69, 9.17) is 0 Å². The first-order valence-corrected chi connectivity index (χ1v) is 7.03. The fraction of sp³-hybridized carbons (Fsp3) is 0.429. The summed E-state index contributed by atoms with van der Waals surface area (Å²) in [5, 5.41) is 4.84. The van der Waals surface area contributed by atoms with Gasteiger partial charge in [-0.3, -0.25) is 0 Å². The number of H-pyrrole nitrogens is 1. The molecule has 2 nitrogen and oxygen atoms in total. The van der Waals surface area contributed by atoms with Gasteiger partial charge in [0.15, 0.2) is 0 Å². The highest BCUT2D eigenvalue weighted by Crippen LogP contribution is 2.35. The largest absolute Gasteiger partial charge is 0.358 e. The fourth-order valence-electron chi connectivity index (χ4n) is 2.96.